The maximum atomic E-state index is 5.95. The number of benzene rings is 2. The first-order valence-electron chi connectivity index (χ1n) is 5.91. The van der Waals surface area contributed by atoms with Crippen LogP contribution in [0.3, 0.4) is 0 Å². The molecule has 1 heterocycles. The second kappa shape index (κ2) is 3.60. The van der Waals surface area contributed by atoms with Gasteiger partial charge in [-0.3, -0.25) is 0 Å². The summed E-state index contributed by atoms with van der Waals surface area (Å²) >= 11 is 0. The average Bonchev–Trinajstić information content (AvgIpc) is 2.64. The molecule has 0 bridgehead atoms. The normalized spacial score (nSPS) is 13.4. The zero-order valence-electron chi connectivity index (χ0n) is 10.1. The minimum Gasteiger partial charge on any atom is -0.344 e. The first-order valence-corrected chi connectivity index (χ1v) is 5.91. The highest BCUT2D eigenvalue weighted by molar-refractivity contribution is 6.08. The Hall–Kier alpha value is -1.80. The van der Waals surface area contributed by atoms with Crippen LogP contribution in [0.25, 0.3) is 21.8 Å². The van der Waals surface area contributed by atoms with E-state index >= 15 is 0 Å². The molecule has 3 aromatic rings. The SMILES string of the molecule is C[C@@H](N)c1ccc2c(c1)c1ccccc1n2C. The number of aromatic nitrogens is 1. The monoisotopic (exact) mass is 224 g/mol. The zero-order chi connectivity index (χ0) is 12.0. The van der Waals surface area contributed by atoms with Crippen molar-refractivity contribution in [3.05, 3.63) is 48.0 Å². The van der Waals surface area contributed by atoms with Crippen molar-refractivity contribution < 1.29 is 0 Å². The summed E-state index contributed by atoms with van der Waals surface area (Å²) in [5.41, 5.74) is 9.67. The molecule has 0 aliphatic carbocycles. The van der Waals surface area contributed by atoms with Crippen molar-refractivity contribution >= 4 is 21.8 Å². The second-order valence-corrected chi connectivity index (χ2v) is 4.64. The van der Waals surface area contributed by atoms with Crippen molar-refractivity contribution in [2.75, 3.05) is 0 Å². The van der Waals surface area contributed by atoms with Crippen molar-refractivity contribution in [2.24, 2.45) is 12.8 Å². The van der Waals surface area contributed by atoms with Crippen LogP contribution in [0, 0.1) is 0 Å². The average molecular weight is 224 g/mol. The fourth-order valence-electron chi connectivity index (χ4n) is 2.47. The van der Waals surface area contributed by atoms with Crippen LogP contribution >= 0.6 is 0 Å². The Morgan fingerprint density at radius 1 is 1.00 bits per heavy atom. The van der Waals surface area contributed by atoms with Crippen LogP contribution < -0.4 is 5.73 Å². The minimum absolute atomic E-state index is 0.0818. The van der Waals surface area contributed by atoms with E-state index in [-0.39, 0.29) is 6.04 Å². The molecule has 2 aromatic carbocycles. The van der Waals surface area contributed by atoms with Crippen LogP contribution in [0.4, 0.5) is 0 Å². The standard InChI is InChI=1S/C15H16N2/c1-10(16)11-7-8-15-13(9-11)12-5-3-4-6-14(12)17(15)2/h3-10H,16H2,1-2H3/t10-/m1/s1. The number of nitrogens with two attached hydrogens (primary N) is 1. The maximum absolute atomic E-state index is 5.95. The smallest absolute Gasteiger partial charge is 0.0488 e. The van der Waals surface area contributed by atoms with E-state index in [0.717, 1.165) is 0 Å². The molecule has 0 saturated heterocycles. The summed E-state index contributed by atoms with van der Waals surface area (Å²) in [6.07, 6.45) is 0. The van der Waals surface area contributed by atoms with E-state index in [1.165, 1.54) is 27.4 Å². The lowest BCUT2D eigenvalue weighted by Crippen LogP contribution is -2.04. The van der Waals surface area contributed by atoms with E-state index in [1.807, 2.05) is 6.92 Å². The third kappa shape index (κ3) is 1.45. The Balaban J connectivity index is 2.46. The molecular weight excluding hydrogens is 208 g/mol. The van der Waals surface area contributed by atoms with Crippen molar-refractivity contribution in [3.8, 4) is 0 Å². The van der Waals surface area contributed by atoms with Crippen LogP contribution in [-0.2, 0) is 7.05 Å². The summed E-state index contributed by atoms with van der Waals surface area (Å²) < 4.78 is 2.23. The summed E-state index contributed by atoms with van der Waals surface area (Å²) in [5.74, 6) is 0. The van der Waals surface area contributed by atoms with Gasteiger partial charge in [-0.2, -0.15) is 0 Å². The lowest BCUT2D eigenvalue weighted by atomic mass is 10.1. The van der Waals surface area contributed by atoms with Gasteiger partial charge in [-0.05, 0) is 30.7 Å². The van der Waals surface area contributed by atoms with Gasteiger partial charge in [-0.15, -0.1) is 0 Å². The third-order valence-corrected chi connectivity index (χ3v) is 3.46. The topological polar surface area (TPSA) is 30.9 Å². The predicted octanol–water partition coefficient (Wildman–Crippen LogP) is 3.35. The number of hydrogen-bond donors (Lipinski definition) is 1. The molecule has 2 N–H and O–H groups in total. The van der Waals surface area contributed by atoms with Gasteiger partial charge in [0.15, 0.2) is 0 Å². The molecule has 2 heteroatoms. The lowest BCUT2D eigenvalue weighted by Gasteiger charge is -2.05. The van der Waals surface area contributed by atoms with Crippen molar-refractivity contribution in [3.63, 3.8) is 0 Å². The molecule has 0 saturated carbocycles. The molecule has 0 spiro atoms. The van der Waals surface area contributed by atoms with Crippen LogP contribution in [-0.4, -0.2) is 4.57 Å². The molecule has 0 aliphatic heterocycles. The Labute approximate surface area is 101 Å². The van der Waals surface area contributed by atoms with Gasteiger partial charge >= 0.3 is 0 Å². The van der Waals surface area contributed by atoms with Crippen LogP contribution in [0.15, 0.2) is 42.5 Å². The molecule has 1 atom stereocenters. The Morgan fingerprint density at radius 3 is 2.47 bits per heavy atom. The Bertz CT molecular complexity index is 693. The number of para-hydroxylation sites is 1. The molecule has 0 unspecified atom stereocenters. The van der Waals surface area contributed by atoms with Crippen molar-refractivity contribution in [2.45, 2.75) is 13.0 Å². The molecule has 0 radical (unpaired) electrons. The molecular formula is C15H16N2. The van der Waals surface area contributed by atoms with Gasteiger partial charge < -0.3 is 10.3 Å². The third-order valence-electron chi connectivity index (χ3n) is 3.46. The molecule has 86 valence electrons. The predicted molar refractivity (Wildman–Crippen MR) is 73.0 cm³/mol. The number of rotatable bonds is 1. The van der Waals surface area contributed by atoms with Gasteiger partial charge in [0.25, 0.3) is 0 Å². The fraction of sp³-hybridized carbons (Fsp3) is 0.200. The van der Waals surface area contributed by atoms with Gasteiger partial charge in [0.05, 0.1) is 0 Å². The van der Waals surface area contributed by atoms with Crippen molar-refractivity contribution in [1.82, 2.24) is 4.57 Å². The quantitative estimate of drug-likeness (QED) is 0.675. The first-order chi connectivity index (χ1) is 8.18. The molecule has 3 rings (SSSR count). The molecule has 0 amide bonds. The highest BCUT2D eigenvalue weighted by atomic mass is 14.9. The van der Waals surface area contributed by atoms with E-state index in [0.29, 0.717) is 0 Å². The highest BCUT2D eigenvalue weighted by Crippen LogP contribution is 2.29. The zero-order valence-corrected chi connectivity index (χ0v) is 10.1. The molecule has 0 aliphatic rings. The van der Waals surface area contributed by atoms with Gasteiger partial charge in [0.2, 0.25) is 0 Å². The van der Waals surface area contributed by atoms with Gasteiger partial charge in [-0.25, -0.2) is 0 Å². The van der Waals surface area contributed by atoms with Crippen LogP contribution in [0.2, 0.25) is 0 Å². The molecule has 1 aromatic heterocycles. The van der Waals surface area contributed by atoms with Crippen LogP contribution in [0.1, 0.15) is 18.5 Å². The van der Waals surface area contributed by atoms with E-state index in [4.69, 9.17) is 5.73 Å². The Morgan fingerprint density at radius 2 is 1.71 bits per heavy atom. The number of aryl methyl sites for hydroxylation is 1. The summed E-state index contributed by atoms with van der Waals surface area (Å²) in [6, 6.07) is 15.1. The van der Waals surface area contributed by atoms with E-state index in [2.05, 4.69) is 54.1 Å². The van der Waals surface area contributed by atoms with Gasteiger partial charge in [-0.1, -0.05) is 24.3 Å². The van der Waals surface area contributed by atoms with Gasteiger partial charge in [0, 0.05) is 34.9 Å². The number of hydrogen-bond acceptors (Lipinski definition) is 1. The summed E-state index contributed by atoms with van der Waals surface area (Å²) in [7, 11) is 2.11. The minimum atomic E-state index is 0.0818. The van der Waals surface area contributed by atoms with E-state index < -0.39 is 0 Å². The van der Waals surface area contributed by atoms with Crippen molar-refractivity contribution in [1.29, 1.82) is 0 Å². The summed E-state index contributed by atoms with van der Waals surface area (Å²) in [4.78, 5) is 0. The highest BCUT2D eigenvalue weighted by Gasteiger charge is 2.09. The maximum Gasteiger partial charge on any atom is 0.0488 e. The van der Waals surface area contributed by atoms with Gasteiger partial charge in [0.1, 0.15) is 0 Å². The Kier molecular flexibility index (Phi) is 2.20. The largest absolute Gasteiger partial charge is 0.344 e. The van der Waals surface area contributed by atoms with E-state index in [9.17, 15) is 0 Å². The van der Waals surface area contributed by atoms with Crippen LogP contribution in [0.5, 0.6) is 0 Å². The summed E-state index contributed by atoms with van der Waals surface area (Å²) in [6.45, 7) is 2.02. The van der Waals surface area contributed by atoms with E-state index in [1.54, 1.807) is 0 Å². The molecule has 2 nitrogen and oxygen atoms in total. The lowest BCUT2D eigenvalue weighted by molar-refractivity contribution is 0.820. The summed E-state index contributed by atoms with van der Waals surface area (Å²) in [5, 5.41) is 2.59. The first kappa shape index (κ1) is 10.4. The fourth-order valence-corrected chi connectivity index (χ4v) is 2.47. The molecule has 0 fully saturated rings. The second-order valence-electron chi connectivity index (χ2n) is 4.64. The molecule has 17 heavy (non-hydrogen) atoms. The number of fused-ring (bicyclic) bond motifs is 3. The number of nitrogens with zero attached hydrogens (tertiary/aromatic N) is 1.